The number of nitrogens with zero attached hydrogens (tertiary/aromatic N) is 1. The van der Waals surface area contributed by atoms with Gasteiger partial charge in [-0.2, -0.15) is 13.2 Å². The van der Waals surface area contributed by atoms with E-state index in [0.717, 1.165) is 29.0 Å². The first kappa shape index (κ1) is 15.6. The van der Waals surface area contributed by atoms with Gasteiger partial charge in [0.1, 0.15) is 5.75 Å². The zero-order valence-electron chi connectivity index (χ0n) is 11.5. The fourth-order valence-corrected chi connectivity index (χ4v) is 2.22. The minimum absolute atomic E-state index is 0.217. The van der Waals surface area contributed by atoms with E-state index in [0.29, 0.717) is 5.88 Å². The van der Waals surface area contributed by atoms with Gasteiger partial charge < -0.3 is 4.74 Å². The molecule has 0 radical (unpaired) electrons. The first-order valence-corrected chi connectivity index (χ1v) is 6.73. The molecule has 2 nitrogen and oxygen atoms in total. The Morgan fingerprint density at radius 1 is 1.14 bits per heavy atom. The largest absolute Gasteiger partial charge is 0.439 e. The average Bonchev–Trinajstić information content (AvgIpc) is 2.38. The van der Waals surface area contributed by atoms with Crippen molar-refractivity contribution in [1.82, 2.24) is 4.98 Å². The van der Waals surface area contributed by atoms with Crippen LogP contribution in [0, 0.1) is 13.8 Å². The number of hydrogen-bond acceptors (Lipinski definition) is 2. The summed E-state index contributed by atoms with van der Waals surface area (Å²) in [5, 5.41) is 0. The van der Waals surface area contributed by atoms with Crippen molar-refractivity contribution in [2.45, 2.75) is 25.9 Å². The highest BCUT2D eigenvalue weighted by Crippen LogP contribution is 2.32. The molecule has 1 aromatic heterocycles. The van der Waals surface area contributed by atoms with Crippen LogP contribution in [0.25, 0.3) is 0 Å². The molecule has 2 rings (SSSR count). The predicted octanol–water partition coefficient (Wildman–Crippen LogP) is 5.25. The van der Waals surface area contributed by atoms with Crippen LogP contribution in [0.3, 0.4) is 0 Å². The van der Waals surface area contributed by atoms with Gasteiger partial charge >= 0.3 is 6.18 Å². The van der Waals surface area contributed by atoms with Crippen LogP contribution >= 0.6 is 11.6 Å². The molecule has 1 heterocycles. The van der Waals surface area contributed by atoms with Crippen LogP contribution in [0.1, 0.15) is 22.4 Å². The van der Waals surface area contributed by atoms with E-state index in [9.17, 15) is 13.2 Å². The zero-order chi connectivity index (χ0) is 15.6. The van der Waals surface area contributed by atoms with Gasteiger partial charge in [-0.15, -0.1) is 11.6 Å². The van der Waals surface area contributed by atoms with Crippen LogP contribution in [0.2, 0.25) is 0 Å². The van der Waals surface area contributed by atoms with Crippen molar-refractivity contribution in [3.8, 4) is 11.6 Å². The van der Waals surface area contributed by atoms with Crippen molar-refractivity contribution < 1.29 is 17.9 Å². The average molecular weight is 316 g/mol. The van der Waals surface area contributed by atoms with Crippen molar-refractivity contribution >= 4 is 11.6 Å². The first-order chi connectivity index (χ1) is 9.81. The van der Waals surface area contributed by atoms with Gasteiger partial charge in [0.2, 0.25) is 5.88 Å². The molecule has 0 unspecified atom stereocenters. The molecule has 0 bridgehead atoms. The van der Waals surface area contributed by atoms with Crippen LogP contribution < -0.4 is 4.74 Å². The highest BCUT2D eigenvalue weighted by molar-refractivity contribution is 6.17. The Balaban J connectivity index is 2.30. The van der Waals surface area contributed by atoms with E-state index in [1.165, 1.54) is 12.1 Å². The van der Waals surface area contributed by atoms with Crippen LogP contribution in [-0.4, -0.2) is 4.98 Å². The molecule has 0 saturated carbocycles. The van der Waals surface area contributed by atoms with E-state index in [1.54, 1.807) is 0 Å². The van der Waals surface area contributed by atoms with E-state index < -0.39 is 11.7 Å². The van der Waals surface area contributed by atoms with Crippen molar-refractivity contribution in [1.29, 1.82) is 0 Å². The Hall–Kier alpha value is -1.75. The molecule has 0 amide bonds. The number of alkyl halides is 4. The molecule has 21 heavy (non-hydrogen) atoms. The molecule has 112 valence electrons. The molecule has 0 aliphatic rings. The standard InChI is InChI=1S/C15H13ClF3NO/c1-9-7-10(2)20-14(13(9)8-16)21-12-5-3-11(4-6-12)15(17,18)19/h3-7H,8H2,1-2H3. The fourth-order valence-electron chi connectivity index (χ4n) is 1.90. The Morgan fingerprint density at radius 2 is 1.76 bits per heavy atom. The smallest absolute Gasteiger partial charge is 0.416 e. The molecular weight excluding hydrogens is 303 g/mol. The molecule has 6 heteroatoms. The third-order valence-corrected chi connectivity index (χ3v) is 3.23. The van der Waals surface area contributed by atoms with E-state index in [2.05, 4.69) is 4.98 Å². The summed E-state index contributed by atoms with van der Waals surface area (Å²) in [7, 11) is 0. The Bertz CT molecular complexity index is 639. The lowest BCUT2D eigenvalue weighted by Crippen LogP contribution is -2.04. The molecule has 0 aliphatic carbocycles. The molecule has 0 N–H and O–H groups in total. The number of ether oxygens (including phenoxy) is 1. The SMILES string of the molecule is Cc1cc(C)c(CCl)c(Oc2ccc(C(F)(F)F)cc2)n1. The van der Waals surface area contributed by atoms with Gasteiger partial charge in [-0.3, -0.25) is 0 Å². The number of pyridine rings is 1. The maximum absolute atomic E-state index is 12.5. The predicted molar refractivity (Wildman–Crippen MR) is 74.8 cm³/mol. The molecular formula is C15H13ClF3NO. The molecule has 0 saturated heterocycles. The second kappa shape index (κ2) is 5.93. The monoisotopic (exact) mass is 315 g/mol. The summed E-state index contributed by atoms with van der Waals surface area (Å²) in [6.07, 6.45) is -4.36. The summed E-state index contributed by atoms with van der Waals surface area (Å²) < 4.78 is 43.1. The van der Waals surface area contributed by atoms with Crippen LogP contribution in [0.4, 0.5) is 13.2 Å². The van der Waals surface area contributed by atoms with Gasteiger partial charge in [0.25, 0.3) is 0 Å². The lowest BCUT2D eigenvalue weighted by atomic mass is 10.1. The summed E-state index contributed by atoms with van der Waals surface area (Å²) in [5.74, 6) is 0.823. The van der Waals surface area contributed by atoms with Gasteiger partial charge in [0.15, 0.2) is 0 Å². The normalized spacial score (nSPS) is 11.5. The molecule has 0 atom stereocenters. The molecule has 2 aromatic rings. The third-order valence-electron chi connectivity index (χ3n) is 2.97. The molecule has 0 aliphatic heterocycles. The molecule has 0 spiro atoms. The van der Waals surface area contributed by atoms with Crippen molar-refractivity contribution in [3.05, 3.63) is 52.7 Å². The van der Waals surface area contributed by atoms with Gasteiger partial charge in [0.05, 0.1) is 11.4 Å². The Kier molecular flexibility index (Phi) is 4.42. The maximum Gasteiger partial charge on any atom is 0.416 e. The van der Waals surface area contributed by atoms with E-state index in [1.807, 2.05) is 19.9 Å². The topological polar surface area (TPSA) is 22.1 Å². The van der Waals surface area contributed by atoms with Crippen LogP contribution in [0.5, 0.6) is 11.6 Å². The summed E-state index contributed by atoms with van der Waals surface area (Å²) in [4.78, 5) is 4.24. The second-order valence-electron chi connectivity index (χ2n) is 4.62. The van der Waals surface area contributed by atoms with Crippen LogP contribution in [-0.2, 0) is 12.1 Å². The zero-order valence-corrected chi connectivity index (χ0v) is 12.2. The Labute approximate surface area is 125 Å². The molecule has 1 aromatic carbocycles. The fraction of sp³-hybridized carbons (Fsp3) is 0.267. The lowest BCUT2D eigenvalue weighted by Gasteiger charge is -2.12. The number of aromatic nitrogens is 1. The van der Waals surface area contributed by atoms with E-state index in [4.69, 9.17) is 16.3 Å². The van der Waals surface area contributed by atoms with Crippen molar-refractivity contribution in [2.24, 2.45) is 0 Å². The number of hydrogen-bond donors (Lipinski definition) is 0. The van der Waals surface area contributed by atoms with Gasteiger partial charge in [-0.25, -0.2) is 4.98 Å². The quantitative estimate of drug-likeness (QED) is 0.722. The number of aryl methyl sites for hydroxylation is 2. The minimum atomic E-state index is -4.36. The molecule has 0 fully saturated rings. The Morgan fingerprint density at radius 3 is 2.29 bits per heavy atom. The third kappa shape index (κ3) is 3.67. The summed E-state index contributed by atoms with van der Waals surface area (Å²) in [6.45, 7) is 3.69. The summed E-state index contributed by atoms with van der Waals surface area (Å²) in [6, 6.07) is 6.34. The maximum atomic E-state index is 12.5. The lowest BCUT2D eigenvalue weighted by molar-refractivity contribution is -0.137. The van der Waals surface area contributed by atoms with Crippen molar-refractivity contribution in [2.75, 3.05) is 0 Å². The van der Waals surface area contributed by atoms with Gasteiger partial charge in [0, 0.05) is 11.3 Å². The highest BCUT2D eigenvalue weighted by atomic mass is 35.5. The van der Waals surface area contributed by atoms with E-state index >= 15 is 0 Å². The highest BCUT2D eigenvalue weighted by Gasteiger charge is 2.30. The van der Waals surface area contributed by atoms with Crippen molar-refractivity contribution in [3.63, 3.8) is 0 Å². The first-order valence-electron chi connectivity index (χ1n) is 6.19. The number of benzene rings is 1. The minimum Gasteiger partial charge on any atom is -0.439 e. The second-order valence-corrected chi connectivity index (χ2v) is 4.89. The van der Waals surface area contributed by atoms with E-state index in [-0.39, 0.29) is 11.6 Å². The van der Waals surface area contributed by atoms with Crippen LogP contribution in [0.15, 0.2) is 30.3 Å². The summed E-state index contributed by atoms with van der Waals surface area (Å²) in [5.41, 5.74) is 1.69. The van der Waals surface area contributed by atoms with Gasteiger partial charge in [-0.05, 0) is 49.7 Å². The number of halogens is 4. The number of rotatable bonds is 3. The summed E-state index contributed by atoms with van der Waals surface area (Å²) >= 11 is 5.87. The van der Waals surface area contributed by atoms with Gasteiger partial charge in [-0.1, -0.05) is 0 Å².